The van der Waals surface area contributed by atoms with Gasteiger partial charge in [-0.3, -0.25) is 0 Å². The van der Waals surface area contributed by atoms with Gasteiger partial charge in [0.2, 0.25) is 11.6 Å². The molecule has 4 rings (SSSR count). The summed E-state index contributed by atoms with van der Waals surface area (Å²) in [5, 5.41) is 5.85. The number of nitrogens with two attached hydrogens (primary N) is 1. The molecule has 3 aromatic carbocycles. The summed E-state index contributed by atoms with van der Waals surface area (Å²) in [5.41, 5.74) is 6.67. The SMILES string of the molecule is Nc1ccc2c(c1)OCCNc1ccc(F)c(F)c1OCCOc1c(ccc(F)c1F)NCCO2. The molecule has 1 aliphatic rings. The van der Waals surface area contributed by atoms with E-state index in [1.165, 1.54) is 12.1 Å². The van der Waals surface area contributed by atoms with Crippen molar-refractivity contribution in [1.29, 1.82) is 0 Å². The van der Waals surface area contributed by atoms with Crippen molar-refractivity contribution in [3.63, 3.8) is 0 Å². The lowest BCUT2D eigenvalue weighted by molar-refractivity contribution is 0.204. The largest absolute Gasteiger partial charge is 0.488 e. The molecule has 0 aromatic heterocycles. The zero-order chi connectivity index (χ0) is 24.8. The van der Waals surface area contributed by atoms with Crippen LogP contribution in [0.3, 0.4) is 0 Å². The quantitative estimate of drug-likeness (QED) is 0.312. The van der Waals surface area contributed by atoms with Gasteiger partial charge < -0.3 is 35.3 Å². The summed E-state index contributed by atoms with van der Waals surface area (Å²) in [7, 11) is 0. The predicted octanol–water partition coefficient (Wildman–Crippen LogP) is 4.58. The Morgan fingerprint density at radius 3 is 1.66 bits per heavy atom. The maximum absolute atomic E-state index is 14.4. The summed E-state index contributed by atoms with van der Waals surface area (Å²) >= 11 is 0. The van der Waals surface area contributed by atoms with Gasteiger partial charge >= 0.3 is 0 Å². The molecule has 0 aliphatic carbocycles. The zero-order valence-corrected chi connectivity index (χ0v) is 18.5. The molecular weight excluding hydrogens is 470 g/mol. The number of nitrogen functional groups attached to an aromatic ring is 1. The van der Waals surface area contributed by atoms with Crippen LogP contribution < -0.4 is 35.3 Å². The molecule has 0 amide bonds. The average molecular weight is 493 g/mol. The van der Waals surface area contributed by atoms with Gasteiger partial charge in [-0.05, 0) is 36.4 Å². The lowest BCUT2D eigenvalue weighted by Crippen LogP contribution is -2.18. The van der Waals surface area contributed by atoms with Crippen LogP contribution in [0.2, 0.25) is 0 Å². The predicted molar refractivity (Wildman–Crippen MR) is 123 cm³/mol. The van der Waals surface area contributed by atoms with Crippen molar-refractivity contribution in [3.8, 4) is 23.0 Å². The van der Waals surface area contributed by atoms with Crippen LogP contribution in [-0.2, 0) is 0 Å². The van der Waals surface area contributed by atoms with Crippen molar-refractivity contribution >= 4 is 17.1 Å². The molecule has 0 bridgehead atoms. The fourth-order valence-electron chi connectivity index (χ4n) is 3.36. The summed E-state index contributed by atoms with van der Waals surface area (Å²) in [6.45, 7) is 0.221. The van der Waals surface area contributed by atoms with Crippen molar-refractivity contribution in [1.82, 2.24) is 0 Å². The molecule has 186 valence electrons. The molecule has 0 radical (unpaired) electrons. The van der Waals surface area contributed by atoms with E-state index in [1.54, 1.807) is 18.2 Å². The third-order valence-corrected chi connectivity index (χ3v) is 4.99. The highest BCUT2D eigenvalue weighted by Gasteiger charge is 2.18. The fourth-order valence-corrected chi connectivity index (χ4v) is 3.36. The van der Waals surface area contributed by atoms with Crippen LogP contribution in [0.5, 0.6) is 23.0 Å². The van der Waals surface area contributed by atoms with Crippen LogP contribution >= 0.6 is 0 Å². The molecule has 3 aromatic rings. The van der Waals surface area contributed by atoms with E-state index in [-0.39, 0.29) is 62.4 Å². The number of hydrogen-bond acceptors (Lipinski definition) is 7. The summed E-state index contributed by atoms with van der Waals surface area (Å²) in [6, 6.07) is 9.43. The van der Waals surface area contributed by atoms with Gasteiger partial charge in [-0.15, -0.1) is 0 Å². The first-order valence-electron chi connectivity index (χ1n) is 10.8. The maximum atomic E-state index is 14.4. The van der Waals surface area contributed by atoms with Crippen molar-refractivity contribution in [3.05, 3.63) is 65.7 Å². The van der Waals surface area contributed by atoms with E-state index in [9.17, 15) is 17.6 Å². The Morgan fingerprint density at radius 2 is 1.11 bits per heavy atom. The zero-order valence-electron chi connectivity index (χ0n) is 18.5. The van der Waals surface area contributed by atoms with Crippen molar-refractivity contribution in [2.45, 2.75) is 0 Å². The monoisotopic (exact) mass is 493 g/mol. The molecule has 4 N–H and O–H groups in total. The molecule has 0 unspecified atom stereocenters. The minimum atomic E-state index is -1.20. The minimum Gasteiger partial charge on any atom is -0.488 e. The lowest BCUT2D eigenvalue weighted by Gasteiger charge is -2.18. The van der Waals surface area contributed by atoms with E-state index in [0.717, 1.165) is 12.1 Å². The van der Waals surface area contributed by atoms with Crippen molar-refractivity contribution in [2.24, 2.45) is 0 Å². The first kappa shape index (κ1) is 24.1. The van der Waals surface area contributed by atoms with Gasteiger partial charge in [0, 0.05) is 24.8 Å². The third-order valence-electron chi connectivity index (χ3n) is 4.99. The van der Waals surface area contributed by atoms with Gasteiger partial charge in [-0.2, -0.15) is 8.78 Å². The second kappa shape index (κ2) is 10.9. The molecule has 0 spiro atoms. The van der Waals surface area contributed by atoms with E-state index in [2.05, 4.69) is 10.6 Å². The Balaban J connectivity index is 1.61. The first-order chi connectivity index (χ1) is 16.9. The van der Waals surface area contributed by atoms with Crippen LogP contribution in [0.1, 0.15) is 0 Å². The smallest absolute Gasteiger partial charge is 0.202 e. The Kier molecular flexibility index (Phi) is 7.54. The Hall–Kier alpha value is -4.02. The second-order valence-electron chi connectivity index (χ2n) is 7.43. The van der Waals surface area contributed by atoms with Crippen molar-refractivity contribution in [2.75, 3.05) is 55.9 Å². The summed E-state index contributed by atoms with van der Waals surface area (Å²) in [5.74, 6) is -4.54. The number of fused-ring (bicyclic) bond motifs is 3. The second-order valence-corrected chi connectivity index (χ2v) is 7.43. The highest BCUT2D eigenvalue weighted by Crippen LogP contribution is 2.33. The molecule has 0 saturated carbocycles. The highest BCUT2D eigenvalue weighted by molar-refractivity contribution is 5.58. The van der Waals surface area contributed by atoms with E-state index >= 15 is 0 Å². The number of anilines is 3. The van der Waals surface area contributed by atoms with Gasteiger partial charge in [0.25, 0.3) is 0 Å². The third kappa shape index (κ3) is 5.73. The number of benzene rings is 3. The maximum Gasteiger partial charge on any atom is 0.202 e. The van der Waals surface area contributed by atoms with Crippen LogP contribution in [0.15, 0.2) is 42.5 Å². The van der Waals surface area contributed by atoms with Crippen LogP contribution in [0.25, 0.3) is 0 Å². The van der Waals surface area contributed by atoms with Gasteiger partial charge in [-0.25, -0.2) is 8.78 Å². The Bertz CT molecular complexity index is 1200. The van der Waals surface area contributed by atoms with Crippen LogP contribution in [-0.4, -0.2) is 39.5 Å². The van der Waals surface area contributed by atoms with E-state index in [4.69, 9.17) is 24.7 Å². The Labute approximate surface area is 198 Å². The fraction of sp³-hybridized carbons (Fsp3) is 0.250. The summed E-state index contributed by atoms with van der Waals surface area (Å²) in [4.78, 5) is 0. The van der Waals surface area contributed by atoms with Crippen LogP contribution in [0, 0.1) is 23.3 Å². The highest BCUT2D eigenvalue weighted by atomic mass is 19.2. The Morgan fingerprint density at radius 1 is 0.600 bits per heavy atom. The minimum absolute atomic E-state index is 0.151. The molecule has 7 nitrogen and oxygen atoms in total. The van der Waals surface area contributed by atoms with Gasteiger partial charge in [0.05, 0.1) is 11.4 Å². The topological polar surface area (TPSA) is 87.0 Å². The first-order valence-corrected chi connectivity index (χ1v) is 10.8. The van der Waals surface area contributed by atoms with Crippen LogP contribution in [0.4, 0.5) is 34.6 Å². The number of ether oxygens (including phenoxy) is 4. The normalized spacial score (nSPS) is 14.5. The lowest BCUT2D eigenvalue weighted by atomic mass is 10.2. The molecule has 0 fully saturated rings. The molecule has 11 heteroatoms. The van der Waals surface area contributed by atoms with E-state index in [0.29, 0.717) is 17.2 Å². The molecular formula is C24H23F4N3O4. The molecule has 1 aliphatic heterocycles. The summed E-state index contributed by atoms with van der Waals surface area (Å²) < 4.78 is 78.7. The average Bonchev–Trinajstić information content (AvgIpc) is 2.84. The van der Waals surface area contributed by atoms with Gasteiger partial charge in [-0.1, -0.05) is 0 Å². The molecule has 35 heavy (non-hydrogen) atoms. The number of halogens is 4. The standard InChI is InChI=1S/C24H23F4N3O4/c25-15-2-4-17-23(21(15)27)34-11-12-35-24-18(5-3-16(26)22(24)28)31-8-10-33-20-13-14(29)1-6-19(20)32-9-7-30-17/h1-6,13,30-31H,7-12,29H2. The van der Waals surface area contributed by atoms with Gasteiger partial charge in [0.15, 0.2) is 34.6 Å². The number of hydrogen-bond donors (Lipinski definition) is 3. The van der Waals surface area contributed by atoms with E-state index < -0.39 is 23.3 Å². The molecule has 1 heterocycles. The van der Waals surface area contributed by atoms with Crippen molar-refractivity contribution < 1.29 is 36.5 Å². The van der Waals surface area contributed by atoms with E-state index in [1.807, 2.05) is 0 Å². The molecule has 0 atom stereocenters. The molecule has 0 saturated heterocycles. The summed E-state index contributed by atoms with van der Waals surface area (Å²) in [6.07, 6.45) is 0. The number of nitrogens with one attached hydrogen (secondary N) is 2. The van der Waals surface area contributed by atoms with Gasteiger partial charge in [0.1, 0.15) is 26.4 Å². The number of rotatable bonds is 0.